The Bertz CT molecular complexity index is 387. The van der Waals surface area contributed by atoms with Gasteiger partial charge in [0.1, 0.15) is 0 Å². The van der Waals surface area contributed by atoms with Crippen LogP contribution in [0.2, 0.25) is 0 Å². The maximum Gasteiger partial charge on any atom is 0.0607 e. The van der Waals surface area contributed by atoms with E-state index in [9.17, 15) is 0 Å². The van der Waals surface area contributed by atoms with E-state index in [2.05, 4.69) is 29.2 Å². The molecule has 92 valence electrons. The Labute approximate surface area is 103 Å². The quantitative estimate of drug-likeness (QED) is 0.858. The number of benzene rings is 1. The molecule has 0 unspecified atom stereocenters. The molecule has 1 aliphatic heterocycles. The average Bonchev–Trinajstić information content (AvgIpc) is 2.72. The Hall–Kier alpha value is -0.900. The second kappa shape index (κ2) is 4.09. The highest BCUT2D eigenvalue weighted by Gasteiger charge is 2.49. The van der Waals surface area contributed by atoms with Crippen molar-refractivity contribution in [3.63, 3.8) is 0 Å². The minimum Gasteiger partial charge on any atom is -0.381 e. The van der Waals surface area contributed by atoms with Crippen molar-refractivity contribution in [2.75, 3.05) is 13.7 Å². The zero-order valence-electron chi connectivity index (χ0n) is 10.4. The summed E-state index contributed by atoms with van der Waals surface area (Å²) in [6.45, 7) is 2.83. The zero-order valence-corrected chi connectivity index (χ0v) is 10.4. The summed E-state index contributed by atoms with van der Waals surface area (Å²) in [5.41, 5.74) is 9.10. The van der Waals surface area contributed by atoms with Crippen LogP contribution < -0.4 is 5.73 Å². The molecule has 17 heavy (non-hydrogen) atoms. The lowest BCUT2D eigenvalue weighted by Crippen LogP contribution is -2.62. The summed E-state index contributed by atoms with van der Waals surface area (Å²) in [7, 11) is 1.80. The van der Waals surface area contributed by atoms with E-state index in [1.165, 1.54) is 11.1 Å². The number of rotatable bonds is 3. The molecule has 0 spiro atoms. The predicted molar refractivity (Wildman–Crippen MR) is 67.5 cm³/mol. The second-order valence-corrected chi connectivity index (χ2v) is 5.32. The van der Waals surface area contributed by atoms with Crippen molar-refractivity contribution < 1.29 is 4.74 Å². The molecular weight excluding hydrogens is 212 g/mol. The number of nitrogens with two attached hydrogens (primary N) is 1. The van der Waals surface area contributed by atoms with Gasteiger partial charge >= 0.3 is 0 Å². The summed E-state index contributed by atoms with van der Waals surface area (Å²) in [4.78, 5) is 2.53. The molecule has 1 saturated carbocycles. The van der Waals surface area contributed by atoms with Gasteiger partial charge in [-0.25, -0.2) is 0 Å². The first-order chi connectivity index (χ1) is 8.27. The standard InChI is InChI=1S/C14H20N2O/c1-17-13-6-14(7-13,10-15)16-8-11-4-2-3-5-12(11)9-16/h2-5,13H,6-10,15H2,1H3. The maximum atomic E-state index is 6.00. The van der Waals surface area contributed by atoms with Crippen molar-refractivity contribution >= 4 is 0 Å². The van der Waals surface area contributed by atoms with Crippen molar-refractivity contribution in [1.29, 1.82) is 0 Å². The highest BCUT2D eigenvalue weighted by molar-refractivity contribution is 5.31. The summed E-state index contributed by atoms with van der Waals surface area (Å²) in [6, 6.07) is 8.70. The third kappa shape index (κ3) is 1.69. The van der Waals surface area contributed by atoms with Crippen LogP contribution in [-0.2, 0) is 17.8 Å². The lowest BCUT2D eigenvalue weighted by molar-refractivity contribution is -0.0898. The molecule has 3 heteroatoms. The van der Waals surface area contributed by atoms with E-state index in [0.717, 1.165) is 32.5 Å². The van der Waals surface area contributed by atoms with Crippen LogP contribution in [-0.4, -0.2) is 30.2 Å². The fourth-order valence-corrected chi connectivity index (χ4v) is 3.18. The largest absolute Gasteiger partial charge is 0.381 e. The fraction of sp³-hybridized carbons (Fsp3) is 0.571. The van der Waals surface area contributed by atoms with E-state index in [1.54, 1.807) is 7.11 Å². The molecule has 0 bridgehead atoms. The number of methoxy groups -OCH3 is 1. The first-order valence-electron chi connectivity index (χ1n) is 6.32. The van der Waals surface area contributed by atoms with Gasteiger partial charge in [0.2, 0.25) is 0 Å². The van der Waals surface area contributed by atoms with Crippen LogP contribution in [0.15, 0.2) is 24.3 Å². The molecule has 1 aliphatic carbocycles. The number of hydrogen-bond acceptors (Lipinski definition) is 3. The predicted octanol–water partition coefficient (Wildman–Crippen LogP) is 1.51. The molecular formula is C14H20N2O. The molecule has 0 aromatic heterocycles. The number of nitrogens with zero attached hydrogens (tertiary/aromatic N) is 1. The Morgan fingerprint density at radius 2 is 1.88 bits per heavy atom. The van der Waals surface area contributed by atoms with Gasteiger partial charge in [-0.3, -0.25) is 4.90 Å². The molecule has 1 aromatic rings. The normalized spacial score (nSPS) is 32.2. The second-order valence-electron chi connectivity index (χ2n) is 5.32. The Morgan fingerprint density at radius 3 is 2.35 bits per heavy atom. The maximum absolute atomic E-state index is 6.00. The van der Waals surface area contributed by atoms with E-state index in [0.29, 0.717) is 6.10 Å². The number of fused-ring (bicyclic) bond motifs is 1. The van der Waals surface area contributed by atoms with Gasteiger partial charge in [0, 0.05) is 32.3 Å². The van der Waals surface area contributed by atoms with E-state index in [-0.39, 0.29) is 5.54 Å². The van der Waals surface area contributed by atoms with E-state index < -0.39 is 0 Å². The van der Waals surface area contributed by atoms with E-state index >= 15 is 0 Å². The van der Waals surface area contributed by atoms with Crippen molar-refractivity contribution in [2.45, 2.75) is 37.6 Å². The molecule has 1 fully saturated rings. The Kier molecular flexibility index (Phi) is 2.69. The van der Waals surface area contributed by atoms with Crippen LogP contribution in [0.1, 0.15) is 24.0 Å². The van der Waals surface area contributed by atoms with Crippen LogP contribution in [0.5, 0.6) is 0 Å². The third-order valence-electron chi connectivity index (χ3n) is 4.44. The van der Waals surface area contributed by atoms with Gasteiger partial charge in [-0.1, -0.05) is 24.3 Å². The summed E-state index contributed by atoms with van der Waals surface area (Å²) in [5.74, 6) is 0. The minimum absolute atomic E-state index is 0.180. The number of ether oxygens (including phenoxy) is 1. The smallest absolute Gasteiger partial charge is 0.0607 e. The molecule has 0 saturated heterocycles. The highest BCUT2D eigenvalue weighted by atomic mass is 16.5. The van der Waals surface area contributed by atoms with Gasteiger partial charge in [0.05, 0.1) is 6.10 Å². The van der Waals surface area contributed by atoms with Crippen LogP contribution >= 0.6 is 0 Å². The van der Waals surface area contributed by atoms with Crippen molar-refractivity contribution in [3.05, 3.63) is 35.4 Å². The number of hydrogen-bond donors (Lipinski definition) is 1. The van der Waals surface area contributed by atoms with Crippen LogP contribution in [0.3, 0.4) is 0 Å². The van der Waals surface area contributed by atoms with E-state index in [4.69, 9.17) is 10.5 Å². The molecule has 0 atom stereocenters. The average molecular weight is 232 g/mol. The monoisotopic (exact) mass is 232 g/mol. The lowest BCUT2D eigenvalue weighted by atomic mass is 9.73. The van der Waals surface area contributed by atoms with Crippen molar-refractivity contribution in [1.82, 2.24) is 4.90 Å². The molecule has 3 rings (SSSR count). The summed E-state index contributed by atoms with van der Waals surface area (Å²) >= 11 is 0. The molecule has 1 heterocycles. The SMILES string of the molecule is COC1CC(CN)(N2Cc3ccccc3C2)C1. The molecule has 1 aromatic carbocycles. The van der Waals surface area contributed by atoms with Crippen LogP contribution in [0.25, 0.3) is 0 Å². The van der Waals surface area contributed by atoms with Crippen molar-refractivity contribution in [3.8, 4) is 0 Å². The van der Waals surface area contributed by atoms with Gasteiger partial charge in [-0.05, 0) is 24.0 Å². The first kappa shape index (κ1) is 11.2. The first-order valence-corrected chi connectivity index (χ1v) is 6.32. The van der Waals surface area contributed by atoms with Gasteiger partial charge in [0.25, 0.3) is 0 Å². The molecule has 0 radical (unpaired) electrons. The van der Waals surface area contributed by atoms with Gasteiger partial charge in [0.15, 0.2) is 0 Å². The van der Waals surface area contributed by atoms with Gasteiger partial charge in [-0.15, -0.1) is 0 Å². The summed E-state index contributed by atoms with van der Waals surface area (Å²) < 4.78 is 5.40. The van der Waals surface area contributed by atoms with Gasteiger partial charge < -0.3 is 10.5 Å². The molecule has 0 amide bonds. The minimum atomic E-state index is 0.180. The van der Waals surface area contributed by atoms with Crippen LogP contribution in [0, 0.1) is 0 Å². The third-order valence-corrected chi connectivity index (χ3v) is 4.44. The molecule has 3 nitrogen and oxygen atoms in total. The van der Waals surface area contributed by atoms with Crippen LogP contribution in [0.4, 0.5) is 0 Å². The summed E-state index contributed by atoms with van der Waals surface area (Å²) in [6.07, 6.45) is 2.56. The zero-order chi connectivity index (χ0) is 11.9. The lowest BCUT2D eigenvalue weighted by Gasteiger charge is -2.52. The topological polar surface area (TPSA) is 38.5 Å². The summed E-state index contributed by atoms with van der Waals surface area (Å²) in [5, 5.41) is 0. The molecule has 2 N–H and O–H groups in total. The van der Waals surface area contributed by atoms with E-state index in [1.807, 2.05) is 0 Å². The Morgan fingerprint density at radius 1 is 1.29 bits per heavy atom. The van der Waals surface area contributed by atoms with Gasteiger partial charge in [-0.2, -0.15) is 0 Å². The Balaban J connectivity index is 1.75. The van der Waals surface area contributed by atoms with Crippen molar-refractivity contribution in [2.24, 2.45) is 5.73 Å². The highest BCUT2D eigenvalue weighted by Crippen LogP contribution is 2.42. The fourth-order valence-electron chi connectivity index (χ4n) is 3.18. The molecule has 2 aliphatic rings.